The van der Waals surface area contributed by atoms with Crippen LogP contribution in [0.4, 0.5) is 0 Å². The molecule has 0 bridgehead atoms. The molecule has 1 aromatic carbocycles. The quantitative estimate of drug-likeness (QED) is 0.543. The molecular weight excluding hydrogens is 315 g/mol. The summed E-state index contributed by atoms with van der Waals surface area (Å²) in [4.78, 5) is 1.23. The van der Waals surface area contributed by atoms with Gasteiger partial charge in [-0.2, -0.15) is 0 Å². The monoisotopic (exact) mass is 338 g/mol. The summed E-state index contributed by atoms with van der Waals surface area (Å²) in [6, 6.07) is 12.4. The number of hydrogen-bond donors (Lipinski definition) is 0. The predicted molar refractivity (Wildman–Crippen MR) is 93.6 cm³/mol. The van der Waals surface area contributed by atoms with Crippen molar-refractivity contribution in [3.05, 3.63) is 47.3 Å². The molecule has 0 saturated heterocycles. The van der Waals surface area contributed by atoms with E-state index < -0.39 is 7.60 Å². The minimum absolute atomic E-state index is 0.218. The zero-order valence-electron chi connectivity index (χ0n) is 13.3. The largest absolute Gasteiger partial charge is 0.338 e. The van der Waals surface area contributed by atoms with Crippen molar-refractivity contribution in [2.24, 2.45) is 0 Å². The fourth-order valence-electron chi connectivity index (χ4n) is 2.53. The van der Waals surface area contributed by atoms with E-state index in [0.717, 1.165) is 12.0 Å². The highest BCUT2D eigenvalue weighted by atomic mass is 32.1. The SMILES string of the molecule is CCOP(=O)(OCC)[C@H](CC)c1ccc(-c2cccs2)cc1. The topological polar surface area (TPSA) is 35.5 Å². The van der Waals surface area contributed by atoms with Crippen molar-refractivity contribution in [3.63, 3.8) is 0 Å². The van der Waals surface area contributed by atoms with Crippen molar-refractivity contribution in [1.29, 1.82) is 0 Å². The summed E-state index contributed by atoms with van der Waals surface area (Å²) in [5.74, 6) is 0. The Morgan fingerprint density at radius 3 is 2.14 bits per heavy atom. The first kappa shape index (κ1) is 17.4. The highest BCUT2D eigenvalue weighted by Crippen LogP contribution is 2.62. The molecule has 0 radical (unpaired) electrons. The van der Waals surface area contributed by atoms with Crippen molar-refractivity contribution >= 4 is 18.9 Å². The van der Waals surface area contributed by atoms with Gasteiger partial charge in [-0.1, -0.05) is 37.3 Å². The third-order valence-electron chi connectivity index (χ3n) is 3.49. The molecule has 0 amide bonds. The van der Waals surface area contributed by atoms with Gasteiger partial charge in [0.25, 0.3) is 0 Å². The molecule has 2 aromatic rings. The second-order valence-electron chi connectivity index (χ2n) is 4.90. The van der Waals surface area contributed by atoms with Crippen LogP contribution in [0.3, 0.4) is 0 Å². The molecule has 1 atom stereocenters. The van der Waals surface area contributed by atoms with Gasteiger partial charge in [0.1, 0.15) is 0 Å². The summed E-state index contributed by atoms with van der Waals surface area (Å²) >= 11 is 1.71. The molecule has 1 aromatic heterocycles. The summed E-state index contributed by atoms with van der Waals surface area (Å²) in [6.45, 7) is 6.49. The first-order chi connectivity index (χ1) is 10.6. The summed E-state index contributed by atoms with van der Waals surface area (Å²) in [7, 11) is -3.12. The third kappa shape index (κ3) is 3.88. The molecule has 120 valence electrons. The van der Waals surface area contributed by atoms with E-state index in [1.807, 2.05) is 39.0 Å². The molecule has 0 aliphatic heterocycles. The summed E-state index contributed by atoms with van der Waals surface area (Å²) in [5, 5.41) is 2.07. The molecule has 0 aliphatic carbocycles. The Balaban J connectivity index is 2.28. The van der Waals surface area contributed by atoms with Crippen LogP contribution >= 0.6 is 18.9 Å². The van der Waals surface area contributed by atoms with E-state index in [1.165, 1.54) is 10.4 Å². The lowest BCUT2D eigenvalue weighted by molar-refractivity contribution is 0.211. The molecule has 1 heterocycles. The Morgan fingerprint density at radius 1 is 1.05 bits per heavy atom. The first-order valence-corrected chi connectivity index (χ1v) is 10.2. The standard InChI is InChI=1S/C17H23O3PS/c1-4-16(21(18,19-5-2)20-6-3)14-9-11-15(12-10-14)17-8-7-13-22-17/h7-13,16H,4-6H2,1-3H3/t16-/m1/s1. The summed E-state index contributed by atoms with van der Waals surface area (Å²) < 4.78 is 24.0. The zero-order chi connectivity index (χ0) is 16.0. The molecule has 0 spiro atoms. The van der Waals surface area contributed by atoms with Gasteiger partial charge >= 0.3 is 7.60 Å². The molecule has 0 N–H and O–H groups in total. The Hall–Kier alpha value is -0.930. The second-order valence-corrected chi connectivity index (χ2v) is 8.07. The average Bonchev–Trinajstić information content (AvgIpc) is 3.03. The van der Waals surface area contributed by atoms with Crippen molar-refractivity contribution in [2.45, 2.75) is 32.9 Å². The molecule has 0 fully saturated rings. The van der Waals surface area contributed by atoms with E-state index in [1.54, 1.807) is 11.3 Å². The lowest BCUT2D eigenvalue weighted by Gasteiger charge is -2.25. The molecular formula is C17H23O3PS. The van der Waals surface area contributed by atoms with Gasteiger partial charge in [0.2, 0.25) is 0 Å². The van der Waals surface area contributed by atoms with Gasteiger partial charge in [-0.3, -0.25) is 4.57 Å². The van der Waals surface area contributed by atoms with Gasteiger partial charge in [-0.15, -0.1) is 11.3 Å². The van der Waals surface area contributed by atoms with Crippen LogP contribution in [-0.2, 0) is 13.6 Å². The van der Waals surface area contributed by atoms with E-state index in [9.17, 15) is 4.57 Å². The molecule has 22 heavy (non-hydrogen) atoms. The van der Waals surface area contributed by atoms with Gasteiger partial charge in [-0.25, -0.2) is 0 Å². The van der Waals surface area contributed by atoms with E-state index in [-0.39, 0.29) is 5.66 Å². The van der Waals surface area contributed by atoms with Gasteiger partial charge in [0, 0.05) is 4.88 Å². The fourth-order valence-corrected chi connectivity index (χ4v) is 5.40. The minimum Gasteiger partial charge on any atom is -0.308 e. The van der Waals surface area contributed by atoms with E-state index in [4.69, 9.17) is 9.05 Å². The minimum atomic E-state index is -3.12. The second kappa shape index (κ2) is 8.07. The van der Waals surface area contributed by atoms with E-state index >= 15 is 0 Å². The molecule has 2 rings (SSSR count). The highest BCUT2D eigenvalue weighted by Gasteiger charge is 2.35. The number of rotatable bonds is 8. The molecule has 0 aliphatic rings. The Bertz CT molecular complexity index is 597. The molecule has 3 nitrogen and oxygen atoms in total. The lowest BCUT2D eigenvalue weighted by Crippen LogP contribution is -2.06. The maximum Gasteiger partial charge on any atom is 0.338 e. The number of benzene rings is 1. The Kier molecular flexibility index (Phi) is 6.39. The van der Waals surface area contributed by atoms with Crippen molar-refractivity contribution in [1.82, 2.24) is 0 Å². The Morgan fingerprint density at radius 2 is 1.68 bits per heavy atom. The van der Waals surface area contributed by atoms with Gasteiger partial charge in [0.15, 0.2) is 0 Å². The third-order valence-corrected chi connectivity index (χ3v) is 7.07. The van der Waals surface area contributed by atoms with E-state index in [2.05, 4.69) is 23.6 Å². The fraction of sp³-hybridized carbons (Fsp3) is 0.412. The maximum atomic E-state index is 13.0. The van der Waals surface area contributed by atoms with E-state index in [0.29, 0.717) is 13.2 Å². The number of thiophene rings is 1. The molecule has 5 heteroatoms. The Labute approximate surface area is 136 Å². The normalized spacial score (nSPS) is 13.2. The van der Waals surface area contributed by atoms with Crippen LogP contribution in [-0.4, -0.2) is 13.2 Å². The number of hydrogen-bond acceptors (Lipinski definition) is 4. The summed E-state index contributed by atoms with van der Waals surface area (Å²) in [6.07, 6.45) is 0.718. The average molecular weight is 338 g/mol. The lowest BCUT2D eigenvalue weighted by atomic mass is 10.1. The van der Waals surface area contributed by atoms with Crippen LogP contribution in [0.15, 0.2) is 41.8 Å². The first-order valence-electron chi connectivity index (χ1n) is 7.67. The van der Waals surface area contributed by atoms with Gasteiger partial charge < -0.3 is 9.05 Å². The predicted octanol–water partition coefficient (Wildman–Crippen LogP) is 6.13. The molecule has 0 unspecified atom stereocenters. The van der Waals surface area contributed by atoms with Crippen LogP contribution in [0.2, 0.25) is 0 Å². The van der Waals surface area contributed by atoms with Crippen molar-refractivity contribution in [2.75, 3.05) is 13.2 Å². The zero-order valence-corrected chi connectivity index (χ0v) is 15.0. The van der Waals surface area contributed by atoms with Crippen LogP contribution < -0.4 is 0 Å². The smallest absolute Gasteiger partial charge is 0.308 e. The van der Waals surface area contributed by atoms with Crippen LogP contribution in [0.25, 0.3) is 10.4 Å². The van der Waals surface area contributed by atoms with Crippen LogP contribution in [0.1, 0.15) is 38.4 Å². The van der Waals surface area contributed by atoms with Gasteiger partial charge in [0.05, 0.1) is 18.9 Å². The van der Waals surface area contributed by atoms with Crippen molar-refractivity contribution < 1.29 is 13.6 Å². The summed E-state index contributed by atoms with van der Waals surface area (Å²) in [5.41, 5.74) is 1.97. The van der Waals surface area contributed by atoms with Crippen LogP contribution in [0, 0.1) is 0 Å². The highest BCUT2D eigenvalue weighted by molar-refractivity contribution is 7.54. The molecule has 0 saturated carbocycles. The van der Waals surface area contributed by atoms with Crippen molar-refractivity contribution in [3.8, 4) is 10.4 Å². The van der Waals surface area contributed by atoms with Gasteiger partial charge in [-0.05, 0) is 42.8 Å². The maximum absolute atomic E-state index is 13.0. The van der Waals surface area contributed by atoms with Crippen LogP contribution in [0.5, 0.6) is 0 Å².